The maximum absolute atomic E-state index is 12.6. The SMILES string of the molecule is Cc1ccc(C(C)NC(=O)c2ccc(N3CCCC3)c([N+](=O)[O-])c2)cc1. The number of amides is 1. The second-order valence-electron chi connectivity index (χ2n) is 6.76. The Labute approximate surface area is 153 Å². The molecule has 2 aromatic carbocycles. The van der Waals surface area contributed by atoms with Gasteiger partial charge in [0.25, 0.3) is 11.6 Å². The summed E-state index contributed by atoms with van der Waals surface area (Å²) >= 11 is 0. The molecule has 0 spiro atoms. The van der Waals surface area contributed by atoms with Gasteiger partial charge in [0.2, 0.25) is 0 Å². The minimum Gasteiger partial charge on any atom is -0.366 e. The van der Waals surface area contributed by atoms with Gasteiger partial charge >= 0.3 is 0 Å². The average molecular weight is 353 g/mol. The van der Waals surface area contributed by atoms with Crippen LogP contribution in [0.2, 0.25) is 0 Å². The highest BCUT2D eigenvalue weighted by Gasteiger charge is 2.24. The lowest BCUT2D eigenvalue weighted by Gasteiger charge is -2.18. The normalized spacial score (nSPS) is 14.9. The average Bonchev–Trinajstić information content (AvgIpc) is 3.16. The molecule has 0 saturated carbocycles. The van der Waals surface area contributed by atoms with E-state index in [1.165, 1.54) is 6.07 Å². The Balaban J connectivity index is 1.79. The van der Waals surface area contributed by atoms with Crippen molar-refractivity contribution in [3.8, 4) is 0 Å². The summed E-state index contributed by atoms with van der Waals surface area (Å²) in [5.74, 6) is -0.311. The van der Waals surface area contributed by atoms with Gasteiger partial charge in [0.15, 0.2) is 0 Å². The third-order valence-electron chi connectivity index (χ3n) is 4.81. The van der Waals surface area contributed by atoms with E-state index in [0.29, 0.717) is 11.3 Å². The van der Waals surface area contributed by atoms with Crippen LogP contribution in [0.15, 0.2) is 42.5 Å². The lowest BCUT2D eigenvalue weighted by atomic mass is 10.1. The standard InChI is InChI=1S/C20H23N3O3/c1-14-5-7-16(8-6-14)15(2)21-20(24)17-9-10-18(19(13-17)23(25)26)22-11-3-4-12-22/h5-10,13,15H,3-4,11-12H2,1-2H3,(H,21,24). The van der Waals surface area contributed by atoms with Crippen molar-refractivity contribution in [3.63, 3.8) is 0 Å². The highest BCUT2D eigenvalue weighted by atomic mass is 16.6. The minimum absolute atomic E-state index is 0.0115. The van der Waals surface area contributed by atoms with Crippen LogP contribution in [0, 0.1) is 17.0 Å². The van der Waals surface area contributed by atoms with Crippen LogP contribution in [-0.4, -0.2) is 23.9 Å². The van der Waals surface area contributed by atoms with Gasteiger partial charge in [-0.2, -0.15) is 0 Å². The number of hydrogen-bond acceptors (Lipinski definition) is 4. The lowest BCUT2D eigenvalue weighted by molar-refractivity contribution is -0.384. The third kappa shape index (κ3) is 3.85. The molecule has 1 atom stereocenters. The van der Waals surface area contributed by atoms with E-state index >= 15 is 0 Å². The fourth-order valence-corrected chi connectivity index (χ4v) is 3.25. The van der Waals surface area contributed by atoms with E-state index in [9.17, 15) is 14.9 Å². The molecule has 0 radical (unpaired) electrons. The molecule has 2 aromatic rings. The number of hydrogen-bond donors (Lipinski definition) is 1. The van der Waals surface area contributed by atoms with Gasteiger partial charge in [-0.3, -0.25) is 14.9 Å². The highest BCUT2D eigenvalue weighted by Crippen LogP contribution is 2.31. The molecule has 0 bridgehead atoms. The van der Waals surface area contributed by atoms with Gasteiger partial charge < -0.3 is 10.2 Å². The summed E-state index contributed by atoms with van der Waals surface area (Å²) in [5.41, 5.74) is 3.03. The summed E-state index contributed by atoms with van der Waals surface area (Å²) < 4.78 is 0. The molecule has 1 saturated heterocycles. The summed E-state index contributed by atoms with van der Waals surface area (Å²) in [6.45, 7) is 5.54. The fourth-order valence-electron chi connectivity index (χ4n) is 3.25. The maximum Gasteiger partial charge on any atom is 0.293 e. The first-order valence-electron chi connectivity index (χ1n) is 8.86. The minimum atomic E-state index is -0.409. The number of nitro groups is 1. The van der Waals surface area contributed by atoms with Crippen molar-refractivity contribution in [2.24, 2.45) is 0 Å². The maximum atomic E-state index is 12.6. The molecule has 26 heavy (non-hydrogen) atoms. The zero-order valence-electron chi connectivity index (χ0n) is 15.1. The van der Waals surface area contributed by atoms with Gasteiger partial charge in [-0.05, 0) is 44.4 Å². The first-order valence-corrected chi connectivity index (χ1v) is 8.86. The molecule has 3 rings (SSSR count). The first kappa shape index (κ1) is 17.9. The second-order valence-corrected chi connectivity index (χ2v) is 6.76. The molecular formula is C20H23N3O3. The Bertz CT molecular complexity index is 812. The predicted molar refractivity (Wildman–Crippen MR) is 102 cm³/mol. The van der Waals surface area contributed by atoms with Crippen LogP contribution in [-0.2, 0) is 0 Å². The van der Waals surface area contributed by atoms with E-state index in [2.05, 4.69) is 5.32 Å². The molecule has 1 unspecified atom stereocenters. The quantitative estimate of drug-likeness (QED) is 0.651. The van der Waals surface area contributed by atoms with E-state index in [0.717, 1.165) is 37.1 Å². The van der Waals surface area contributed by atoms with Crippen LogP contribution in [0.1, 0.15) is 47.3 Å². The Morgan fingerprint density at radius 3 is 2.42 bits per heavy atom. The number of anilines is 1. The van der Waals surface area contributed by atoms with Crippen molar-refractivity contribution in [1.82, 2.24) is 5.32 Å². The van der Waals surface area contributed by atoms with Gasteiger partial charge in [0.1, 0.15) is 5.69 Å². The number of carbonyl (C=O) groups excluding carboxylic acids is 1. The van der Waals surface area contributed by atoms with Crippen molar-refractivity contribution in [2.45, 2.75) is 32.7 Å². The van der Waals surface area contributed by atoms with Crippen LogP contribution in [0.5, 0.6) is 0 Å². The van der Waals surface area contributed by atoms with Crippen LogP contribution in [0.25, 0.3) is 0 Å². The molecule has 6 nitrogen and oxygen atoms in total. The van der Waals surface area contributed by atoms with E-state index in [1.807, 2.05) is 43.0 Å². The van der Waals surface area contributed by atoms with Gasteiger partial charge in [0.05, 0.1) is 11.0 Å². The van der Waals surface area contributed by atoms with Crippen molar-refractivity contribution in [3.05, 3.63) is 69.3 Å². The van der Waals surface area contributed by atoms with Crippen molar-refractivity contribution < 1.29 is 9.72 Å². The van der Waals surface area contributed by atoms with Gasteiger partial charge in [-0.25, -0.2) is 0 Å². The number of benzene rings is 2. The predicted octanol–water partition coefficient (Wildman–Crippen LogP) is 3.99. The third-order valence-corrected chi connectivity index (χ3v) is 4.81. The van der Waals surface area contributed by atoms with Crippen LogP contribution >= 0.6 is 0 Å². The van der Waals surface area contributed by atoms with Crippen molar-refractivity contribution >= 4 is 17.3 Å². The Morgan fingerprint density at radius 2 is 1.81 bits per heavy atom. The van der Waals surface area contributed by atoms with Crippen LogP contribution in [0.3, 0.4) is 0 Å². The molecule has 1 heterocycles. The highest BCUT2D eigenvalue weighted by molar-refractivity contribution is 5.96. The zero-order chi connectivity index (χ0) is 18.7. The molecule has 0 aliphatic carbocycles. The monoisotopic (exact) mass is 353 g/mol. The number of nitrogens with zero attached hydrogens (tertiary/aromatic N) is 2. The number of nitrogens with one attached hydrogen (secondary N) is 1. The zero-order valence-corrected chi connectivity index (χ0v) is 15.1. The molecule has 0 aromatic heterocycles. The van der Waals surface area contributed by atoms with E-state index in [4.69, 9.17) is 0 Å². The van der Waals surface area contributed by atoms with E-state index in [1.54, 1.807) is 12.1 Å². The molecule has 1 N–H and O–H groups in total. The summed E-state index contributed by atoms with van der Waals surface area (Å²) in [7, 11) is 0. The number of aryl methyl sites for hydroxylation is 1. The number of carbonyl (C=O) groups is 1. The first-order chi connectivity index (χ1) is 12.5. The van der Waals surface area contributed by atoms with Crippen LogP contribution in [0.4, 0.5) is 11.4 Å². The Morgan fingerprint density at radius 1 is 1.15 bits per heavy atom. The van der Waals surface area contributed by atoms with Gasteiger partial charge in [-0.1, -0.05) is 29.8 Å². The molecular weight excluding hydrogens is 330 g/mol. The summed E-state index contributed by atoms with van der Waals surface area (Å²) in [6, 6.07) is 12.5. The molecule has 136 valence electrons. The topological polar surface area (TPSA) is 75.5 Å². The Kier molecular flexibility index (Phi) is 5.21. The molecule has 1 aliphatic rings. The fraction of sp³-hybridized carbons (Fsp3) is 0.350. The molecule has 1 aliphatic heterocycles. The number of nitro benzene ring substituents is 1. The second kappa shape index (κ2) is 7.56. The van der Waals surface area contributed by atoms with Crippen molar-refractivity contribution in [1.29, 1.82) is 0 Å². The summed E-state index contributed by atoms with van der Waals surface area (Å²) in [5, 5.41) is 14.4. The van der Waals surface area contributed by atoms with Crippen molar-refractivity contribution in [2.75, 3.05) is 18.0 Å². The summed E-state index contributed by atoms with van der Waals surface area (Å²) in [4.78, 5) is 25.6. The van der Waals surface area contributed by atoms with E-state index in [-0.39, 0.29) is 17.6 Å². The smallest absolute Gasteiger partial charge is 0.293 e. The summed E-state index contributed by atoms with van der Waals surface area (Å²) in [6.07, 6.45) is 2.07. The lowest BCUT2D eigenvalue weighted by Crippen LogP contribution is -2.27. The van der Waals surface area contributed by atoms with Crippen LogP contribution < -0.4 is 10.2 Å². The number of rotatable bonds is 5. The Hall–Kier alpha value is -2.89. The molecule has 6 heteroatoms. The van der Waals surface area contributed by atoms with Gasteiger partial charge in [0, 0.05) is 24.7 Å². The molecule has 1 amide bonds. The van der Waals surface area contributed by atoms with Gasteiger partial charge in [-0.15, -0.1) is 0 Å². The molecule has 1 fully saturated rings. The van der Waals surface area contributed by atoms with E-state index < -0.39 is 4.92 Å². The largest absolute Gasteiger partial charge is 0.366 e.